The number of imidazole rings is 1. The molecule has 0 bridgehead atoms. The fourth-order valence-electron chi connectivity index (χ4n) is 3.42. The number of aryl methyl sites for hydroxylation is 3. The molecule has 0 saturated heterocycles. The molecule has 2 aromatic heterocycles. The Hall–Kier alpha value is -3.05. The highest BCUT2D eigenvalue weighted by atomic mass is 35.5. The number of fused-ring (bicyclic) bond motifs is 1. The number of ether oxygens (including phenoxy) is 1. The third kappa shape index (κ3) is 3.41. The van der Waals surface area contributed by atoms with Gasteiger partial charge in [0.1, 0.15) is 0 Å². The number of rotatable bonds is 5. The molecule has 0 atom stereocenters. The molecule has 4 rings (SSSR count). The van der Waals surface area contributed by atoms with Gasteiger partial charge in [-0.15, -0.1) is 0 Å². The highest BCUT2D eigenvalue weighted by molar-refractivity contribution is 6.30. The van der Waals surface area contributed by atoms with E-state index in [0.717, 1.165) is 28.8 Å². The summed E-state index contributed by atoms with van der Waals surface area (Å²) >= 11 is 6.05. The third-order valence-corrected chi connectivity index (χ3v) is 5.05. The summed E-state index contributed by atoms with van der Waals surface area (Å²) in [4.78, 5) is 17.3. The van der Waals surface area contributed by atoms with Gasteiger partial charge in [0.2, 0.25) is 0 Å². The number of aromatic nitrogens is 3. The number of benzene rings is 2. The first kappa shape index (κ1) is 18.3. The maximum Gasteiger partial charge on any atom is 0.258 e. The van der Waals surface area contributed by atoms with Gasteiger partial charge in [-0.2, -0.15) is 0 Å². The normalized spacial score (nSPS) is 11.1. The SMILES string of the molecule is COc1c(-n2cnc(C)c2)ccc2c(=O)n(CCc3cccc(Cl)c3)ccc12. The predicted molar refractivity (Wildman–Crippen MR) is 112 cm³/mol. The van der Waals surface area contributed by atoms with Crippen molar-refractivity contribution in [2.45, 2.75) is 19.9 Å². The van der Waals surface area contributed by atoms with E-state index in [0.29, 0.717) is 22.7 Å². The van der Waals surface area contributed by atoms with Gasteiger partial charge in [0, 0.05) is 29.3 Å². The molecule has 6 heteroatoms. The highest BCUT2D eigenvalue weighted by Crippen LogP contribution is 2.31. The Morgan fingerprint density at radius 3 is 2.71 bits per heavy atom. The number of hydrogen-bond donors (Lipinski definition) is 0. The number of pyridine rings is 1. The van der Waals surface area contributed by atoms with Crippen LogP contribution in [0.3, 0.4) is 0 Å². The van der Waals surface area contributed by atoms with Crippen LogP contribution in [0.5, 0.6) is 5.75 Å². The molecule has 0 unspecified atom stereocenters. The summed E-state index contributed by atoms with van der Waals surface area (Å²) in [6, 6.07) is 13.4. The molecule has 0 radical (unpaired) electrons. The molecule has 0 aliphatic rings. The van der Waals surface area contributed by atoms with Crippen LogP contribution in [0.25, 0.3) is 16.5 Å². The van der Waals surface area contributed by atoms with E-state index in [1.165, 1.54) is 0 Å². The minimum atomic E-state index is -0.0359. The molecule has 2 heterocycles. The van der Waals surface area contributed by atoms with Gasteiger partial charge in [0.25, 0.3) is 5.56 Å². The maximum atomic E-state index is 13.0. The predicted octanol–water partition coefficient (Wildman–Crippen LogP) is 4.40. The van der Waals surface area contributed by atoms with Crippen molar-refractivity contribution in [1.82, 2.24) is 14.1 Å². The number of methoxy groups -OCH3 is 1. The fraction of sp³-hybridized carbons (Fsp3) is 0.182. The fourth-order valence-corrected chi connectivity index (χ4v) is 3.63. The summed E-state index contributed by atoms with van der Waals surface area (Å²) < 4.78 is 9.28. The zero-order chi connectivity index (χ0) is 19.7. The second-order valence-electron chi connectivity index (χ2n) is 6.70. The minimum absolute atomic E-state index is 0.0359. The Bertz CT molecular complexity index is 1210. The zero-order valence-corrected chi connectivity index (χ0v) is 16.5. The second-order valence-corrected chi connectivity index (χ2v) is 7.13. The van der Waals surface area contributed by atoms with Gasteiger partial charge < -0.3 is 13.9 Å². The van der Waals surface area contributed by atoms with Gasteiger partial charge in [0.15, 0.2) is 5.75 Å². The van der Waals surface area contributed by atoms with Crippen molar-refractivity contribution in [2.75, 3.05) is 7.11 Å². The van der Waals surface area contributed by atoms with Gasteiger partial charge in [-0.05, 0) is 49.2 Å². The molecule has 2 aromatic carbocycles. The van der Waals surface area contributed by atoms with Crippen LogP contribution in [0.1, 0.15) is 11.3 Å². The summed E-state index contributed by atoms with van der Waals surface area (Å²) in [5, 5.41) is 2.12. The first-order chi connectivity index (χ1) is 13.6. The Morgan fingerprint density at radius 1 is 1.14 bits per heavy atom. The van der Waals surface area contributed by atoms with Crippen LogP contribution in [0.2, 0.25) is 5.02 Å². The van der Waals surface area contributed by atoms with Crippen molar-refractivity contribution < 1.29 is 4.74 Å². The lowest BCUT2D eigenvalue weighted by Gasteiger charge is -2.14. The molecular weight excluding hydrogens is 374 g/mol. The lowest BCUT2D eigenvalue weighted by Crippen LogP contribution is -2.20. The largest absolute Gasteiger partial charge is 0.494 e. The first-order valence-corrected chi connectivity index (χ1v) is 9.40. The maximum absolute atomic E-state index is 13.0. The van der Waals surface area contributed by atoms with Gasteiger partial charge in [-0.1, -0.05) is 23.7 Å². The van der Waals surface area contributed by atoms with Crippen molar-refractivity contribution in [3.63, 3.8) is 0 Å². The van der Waals surface area contributed by atoms with E-state index in [1.807, 2.05) is 66.3 Å². The first-order valence-electron chi connectivity index (χ1n) is 9.02. The van der Waals surface area contributed by atoms with Crippen LogP contribution < -0.4 is 10.3 Å². The summed E-state index contributed by atoms with van der Waals surface area (Å²) in [5.74, 6) is 0.661. The number of hydrogen-bond acceptors (Lipinski definition) is 3. The average Bonchev–Trinajstić information content (AvgIpc) is 3.13. The Balaban J connectivity index is 1.72. The lowest BCUT2D eigenvalue weighted by atomic mass is 10.1. The van der Waals surface area contributed by atoms with Crippen molar-refractivity contribution in [3.8, 4) is 11.4 Å². The molecule has 0 spiro atoms. The van der Waals surface area contributed by atoms with E-state index in [9.17, 15) is 4.79 Å². The van der Waals surface area contributed by atoms with Crippen LogP contribution in [-0.4, -0.2) is 21.2 Å². The number of halogens is 1. The summed E-state index contributed by atoms with van der Waals surface area (Å²) in [6.45, 7) is 2.52. The van der Waals surface area contributed by atoms with Crippen molar-refractivity contribution in [3.05, 3.63) is 87.8 Å². The van der Waals surface area contributed by atoms with Crippen LogP contribution in [-0.2, 0) is 13.0 Å². The molecule has 4 aromatic rings. The van der Waals surface area contributed by atoms with E-state index >= 15 is 0 Å². The molecule has 0 saturated carbocycles. The van der Waals surface area contributed by atoms with Crippen LogP contribution >= 0.6 is 11.6 Å². The Kier molecular flexibility index (Phi) is 4.92. The topological polar surface area (TPSA) is 49.1 Å². The average molecular weight is 394 g/mol. The molecule has 0 aliphatic heterocycles. The molecule has 0 fully saturated rings. The van der Waals surface area contributed by atoms with Crippen molar-refractivity contribution >= 4 is 22.4 Å². The van der Waals surface area contributed by atoms with E-state index in [2.05, 4.69) is 4.98 Å². The van der Waals surface area contributed by atoms with E-state index in [-0.39, 0.29) is 5.56 Å². The van der Waals surface area contributed by atoms with Crippen molar-refractivity contribution in [2.24, 2.45) is 0 Å². The van der Waals surface area contributed by atoms with Crippen LogP contribution in [0.4, 0.5) is 0 Å². The molecule has 0 amide bonds. The summed E-state index contributed by atoms with van der Waals surface area (Å²) in [6.07, 6.45) is 6.22. The van der Waals surface area contributed by atoms with Gasteiger partial charge in [-0.25, -0.2) is 4.98 Å². The summed E-state index contributed by atoms with van der Waals surface area (Å²) in [7, 11) is 1.62. The standard InChI is InChI=1S/C22H20ClN3O2/c1-15-13-26(14-24-15)20-7-6-19-18(21(20)28-2)9-11-25(22(19)27)10-8-16-4-3-5-17(23)12-16/h3-7,9,11-14H,8,10H2,1-2H3. The second kappa shape index (κ2) is 7.52. The van der Waals surface area contributed by atoms with E-state index in [1.54, 1.807) is 18.0 Å². The Labute approximate surface area is 167 Å². The molecule has 28 heavy (non-hydrogen) atoms. The Morgan fingerprint density at radius 2 is 2.00 bits per heavy atom. The quantitative estimate of drug-likeness (QED) is 0.505. The van der Waals surface area contributed by atoms with Gasteiger partial charge in [-0.3, -0.25) is 4.79 Å². The lowest BCUT2D eigenvalue weighted by molar-refractivity contribution is 0.418. The van der Waals surface area contributed by atoms with E-state index < -0.39 is 0 Å². The van der Waals surface area contributed by atoms with Crippen LogP contribution in [0.15, 0.2) is 66.0 Å². The third-order valence-electron chi connectivity index (χ3n) is 4.81. The van der Waals surface area contributed by atoms with Gasteiger partial charge >= 0.3 is 0 Å². The van der Waals surface area contributed by atoms with E-state index in [4.69, 9.17) is 16.3 Å². The highest BCUT2D eigenvalue weighted by Gasteiger charge is 2.13. The van der Waals surface area contributed by atoms with Crippen LogP contribution in [0, 0.1) is 6.92 Å². The molecule has 142 valence electrons. The summed E-state index contributed by atoms with van der Waals surface area (Å²) in [5.41, 5.74) is 2.83. The number of nitrogens with zero attached hydrogens (tertiary/aromatic N) is 3. The van der Waals surface area contributed by atoms with Crippen molar-refractivity contribution in [1.29, 1.82) is 0 Å². The molecule has 0 aliphatic carbocycles. The van der Waals surface area contributed by atoms with Gasteiger partial charge in [0.05, 0.1) is 30.2 Å². The smallest absolute Gasteiger partial charge is 0.258 e. The molecule has 0 N–H and O–H groups in total. The minimum Gasteiger partial charge on any atom is -0.494 e. The zero-order valence-electron chi connectivity index (χ0n) is 15.7. The molecular formula is C22H20ClN3O2. The molecule has 5 nitrogen and oxygen atoms in total. The monoisotopic (exact) mass is 393 g/mol.